The first kappa shape index (κ1) is 22.6. The van der Waals surface area contributed by atoms with E-state index in [-0.39, 0.29) is 6.61 Å². The van der Waals surface area contributed by atoms with Crippen LogP contribution in [0.1, 0.15) is 29.5 Å². The van der Waals surface area contributed by atoms with Crippen LogP contribution in [-0.2, 0) is 13.1 Å². The van der Waals surface area contributed by atoms with E-state index in [1.165, 1.54) is 19.2 Å². The van der Waals surface area contributed by atoms with E-state index in [0.717, 1.165) is 41.7 Å². The second-order valence-electron chi connectivity index (χ2n) is 8.31. The predicted molar refractivity (Wildman–Crippen MR) is 123 cm³/mol. The lowest BCUT2D eigenvalue weighted by molar-refractivity contribution is 0.114. The van der Waals surface area contributed by atoms with Crippen molar-refractivity contribution in [2.45, 2.75) is 32.5 Å². The second kappa shape index (κ2) is 9.23. The number of pyridine rings is 2. The number of nitrogens with zero attached hydrogens (tertiary/aromatic N) is 7. The average molecular weight is 478 g/mol. The van der Waals surface area contributed by atoms with Crippen molar-refractivity contribution in [3.63, 3.8) is 0 Å². The highest BCUT2D eigenvalue weighted by Gasteiger charge is 2.24. The van der Waals surface area contributed by atoms with Crippen LogP contribution in [-0.4, -0.2) is 54.6 Å². The van der Waals surface area contributed by atoms with Gasteiger partial charge < -0.3 is 19.5 Å². The molecule has 0 amide bonds. The summed E-state index contributed by atoms with van der Waals surface area (Å²) in [5.41, 5.74) is 4.42. The van der Waals surface area contributed by atoms with Crippen molar-refractivity contribution in [2.24, 2.45) is 0 Å². The molecule has 0 fully saturated rings. The van der Waals surface area contributed by atoms with Crippen molar-refractivity contribution in [3.8, 4) is 28.9 Å². The Bertz CT molecular complexity index is 1410. The largest absolute Gasteiger partial charge is 0.493 e. The lowest BCUT2D eigenvalue weighted by Crippen LogP contribution is -2.17. The number of aryl methyl sites for hydroxylation is 1. The number of fused-ring (bicyclic) bond motifs is 2. The normalized spacial score (nSPS) is 14.3. The van der Waals surface area contributed by atoms with Crippen molar-refractivity contribution in [1.82, 2.24) is 29.3 Å². The molecule has 4 aromatic rings. The number of methoxy groups -OCH3 is 1. The summed E-state index contributed by atoms with van der Waals surface area (Å²) in [5, 5.41) is 28.7. The summed E-state index contributed by atoms with van der Waals surface area (Å²) in [5.74, 6) is 0.429. The number of hydrogen-bond donors (Lipinski definition) is 1. The molecule has 0 aromatic carbocycles. The van der Waals surface area contributed by atoms with Gasteiger partial charge in [-0.25, -0.2) is 8.91 Å². The summed E-state index contributed by atoms with van der Waals surface area (Å²) in [6.07, 6.45) is 6.73. The molecule has 0 radical (unpaired) electrons. The topological polar surface area (TPSA) is 114 Å². The number of hydrogen-bond acceptors (Lipinski definition) is 8. The minimum atomic E-state index is -0.835. The van der Waals surface area contributed by atoms with Crippen molar-refractivity contribution in [1.29, 1.82) is 5.26 Å². The molecule has 35 heavy (non-hydrogen) atoms. The van der Waals surface area contributed by atoms with E-state index in [2.05, 4.69) is 16.3 Å². The number of aliphatic hydroxyl groups is 1. The third kappa shape index (κ3) is 4.13. The Morgan fingerprint density at radius 1 is 1.26 bits per heavy atom. The molecule has 1 aliphatic rings. The molecule has 0 spiro atoms. The maximum absolute atomic E-state index is 13.4. The summed E-state index contributed by atoms with van der Waals surface area (Å²) in [6, 6.07) is 4.57. The number of halogens is 1. The molecule has 5 heterocycles. The zero-order valence-corrected chi connectivity index (χ0v) is 19.3. The van der Waals surface area contributed by atoms with Crippen LogP contribution in [0.25, 0.3) is 16.8 Å². The van der Waals surface area contributed by atoms with Gasteiger partial charge in [-0.15, -0.1) is 0 Å². The molecule has 0 bridgehead atoms. The summed E-state index contributed by atoms with van der Waals surface area (Å²) in [4.78, 5) is 5.79. The molecule has 180 valence electrons. The van der Waals surface area contributed by atoms with Crippen LogP contribution >= 0.6 is 0 Å². The van der Waals surface area contributed by atoms with Crippen molar-refractivity contribution in [2.75, 3.05) is 20.3 Å². The minimum absolute atomic E-state index is 0.368. The fourth-order valence-electron chi connectivity index (χ4n) is 4.35. The lowest BCUT2D eigenvalue weighted by atomic mass is 10.1. The highest BCUT2D eigenvalue weighted by atomic mass is 19.1. The van der Waals surface area contributed by atoms with Crippen LogP contribution in [0.5, 0.6) is 11.5 Å². The molecular weight excluding hydrogens is 453 g/mol. The number of ether oxygens (including phenoxy) is 2. The molecule has 0 aliphatic carbocycles. The van der Waals surface area contributed by atoms with Gasteiger partial charge in [0.05, 0.1) is 49.7 Å². The third-order valence-electron chi connectivity index (χ3n) is 6.15. The van der Waals surface area contributed by atoms with E-state index in [9.17, 15) is 14.8 Å². The summed E-state index contributed by atoms with van der Waals surface area (Å²) < 4.78 is 28.6. The fraction of sp³-hybridized carbons (Fsp3) is 0.333. The highest BCUT2D eigenvalue weighted by molar-refractivity contribution is 5.75. The summed E-state index contributed by atoms with van der Waals surface area (Å²) >= 11 is 0. The molecular formula is C24H24FN7O3. The first-order valence-electron chi connectivity index (χ1n) is 11.2. The fourth-order valence-corrected chi connectivity index (χ4v) is 4.35. The molecule has 10 nitrogen and oxygen atoms in total. The monoisotopic (exact) mass is 477 g/mol. The van der Waals surface area contributed by atoms with Crippen LogP contribution in [0, 0.1) is 24.2 Å². The van der Waals surface area contributed by atoms with E-state index >= 15 is 0 Å². The first-order chi connectivity index (χ1) is 17.0. The van der Waals surface area contributed by atoms with Gasteiger partial charge in [-0.05, 0) is 31.5 Å². The first-order valence-corrected chi connectivity index (χ1v) is 11.2. The third-order valence-corrected chi connectivity index (χ3v) is 6.15. The molecule has 4 aromatic heterocycles. The smallest absolute Gasteiger partial charge is 0.179 e. The standard InChI is InChI=1S/C24H24FN7O3/c1-15-19-12-30(14-26)6-3-7-31(19)29-23(15)16-8-20(24-21(34-2)10-28-32(24)11-16)35-22(13-33)18-5-4-17(25)9-27-18/h4-5,8-11,22,33H,3,6-7,12-13H2,1-2H3. The number of aliphatic hydroxyl groups excluding tert-OH is 1. The number of nitriles is 1. The van der Waals surface area contributed by atoms with Gasteiger partial charge in [0.2, 0.25) is 0 Å². The molecule has 1 aliphatic heterocycles. The van der Waals surface area contributed by atoms with E-state index in [0.29, 0.717) is 35.8 Å². The number of rotatable bonds is 6. The summed E-state index contributed by atoms with van der Waals surface area (Å²) in [7, 11) is 1.54. The van der Waals surface area contributed by atoms with Gasteiger partial charge in [0.1, 0.15) is 5.82 Å². The quantitative estimate of drug-likeness (QED) is 0.422. The second-order valence-corrected chi connectivity index (χ2v) is 8.31. The predicted octanol–water partition coefficient (Wildman–Crippen LogP) is 2.85. The Balaban J connectivity index is 1.60. The zero-order chi connectivity index (χ0) is 24.5. The maximum atomic E-state index is 13.4. The van der Waals surface area contributed by atoms with Gasteiger partial charge in [-0.2, -0.15) is 15.5 Å². The van der Waals surface area contributed by atoms with Crippen LogP contribution < -0.4 is 9.47 Å². The van der Waals surface area contributed by atoms with Crippen molar-refractivity contribution >= 4 is 5.52 Å². The Hall–Kier alpha value is -4.17. The zero-order valence-electron chi connectivity index (χ0n) is 19.3. The van der Waals surface area contributed by atoms with Crippen LogP contribution in [0.2, 0.25) is 0 Å². The minimum Gasteiger partial charge on any atom is -0.493 e. The summed E-state index contributed by atoms with van der Waals surface area (Å²) in [6.45, 7) is 3.54. The van der Waals surface area contributed by atoms with E-state index in [1.807, 2.05) is 23.9 Å². The van der Waals surface area contributed by atoms with Crippen molar-refractivity contribution < 1.29 is 19.0 Å². The SMILES string of the molecule is COc1cnn2cc(-c3nn4c(c3C)CN(C#N)CCC4)cc(OC(CO)c3ccc(F)cn3)c12. The van der Waals surface area contributed by atoms with Gasteiger partial charge in [-0.1, -0.05) is 0 Å². The van der Waals surface area contributed by atoms with Crippen LogP contribution in [0.3, 0.4) is 0 Å². The Morgan fingerprint density at radius 2 is 2.11 bits per heavy atom. The molecule has 5 rings (SSSR count). The molecule has 1 unspecified atom stereocenters. The van der Waals surface area contributed by atoms with Crippen molar-refractivity contribution in [3.05, 3.63) is 59.6 Å². The number of aromatic nitrogens is 5. The Kier molecular flexibility index (Phi) is 5.96. The molecule has 0 saturated heterocycles. The van der Waals surface area contributed by atoms with Gasteiger partial charge in [-0.3, -0.25) is 9.67 Å². The average Bonchev–Trinajstić information content (AvgIpc) is 3.35. The van der Waals surface area contributed by atoms with Gasteiger partial charge in [0.25, 0.3) is 0 Å². The van der Waals surface area contributed by atoms with Gasteiger partial charge >= 0.3 is 0 Å². The highest BCUT2D eigenvalue weighted by Crippen LogP contribution is 2.37. The van der Waals surface area contributed by atoms with E-state index < -0.39 is 11.9 Å². The van der Waals surface area contributed by atoms with Gasteiger partial charge in [0, 0.05) is 30.4 Å². The molecule has 1 N–H and O–H groups in total. The molecule has 1 atom stereocenters. The van der Waals surface area contributed by atoms with E-state index in [1.54, 1.807) is 15.6 Å². The van der Waals surface area contributed by atoms with Crippen LogP contribution in [0.15, 0.2) is 36.8 Å². The van der Waals surface area contributed by atoms with Gasteiger partial charge in [0.15, 0.2) is 29.3 Å². The molecule has 11 heteroatoms. The Morgan fingerprint density at radius 3 is 2.83 bits per heavy atom. The lowest BCUT2D eigenvalue weighted by Gasteiger charge is -2.18. The Labute approximate surface area is 200 Å². The molecule has 0 saturated carbocycles. The maximum Gasteiger partial charge on any atom is 0.179 e. The van der Waals surface area contributed by atoms with E-state index in [4.69, 9.17) is 14.6 Å². The van der Waals surface area contributed by atoms with Crippen LogP contribution in [0.4, 0.5) is 4.39 Å².